The van der Waals surface area contributed by atoms with Gasteiger partial charge in [0.15, 0.2) is 5.76 Å². The van der Waals surface area contributed by atoms with Gasteiger partial charge >= 0.3 is 0 Å². The number of furan rings is 1. The molecule has 1 aromatic heterocycles. The maximum atomic E-state index is 12.9. The lowest BCUT2D eigenvalue weighted by molar-refractivity contribution is -0.126. The monoisotopic (exact) mass is 403 g/mol. The van der Waals surface area contributed by atoms with Crippen molar-refractivity contribution in [1.82, 2.24) is 15.5 Å². The Labute approximate surface area is 171 Å². The SMILES string of the molecule is Cl.O=C(NCC1NCCc2ccccc21)C1CCCCN1C(=O)c1ccco1. The molecule has 3 heterocycles. The topological polar surface area (TPSA) is 74.6 Å². The van der Waals surface area contributed by atoms with Crippen LogP contribution < -0.4 is 10.6 Å². The lowest BCUT2D eigenvalue weighted by Crippen LogP contribution is -2.53. The van der Waals surface area contributed by atoms with Crippen LogP contribution in [0.5, 0.6) is 0 Å². The molecule has 0 aliphatic carbocycles. The third-order valence-corrected chi connectivity index (χ3v) is 5.49. The zero-order valence-corrected chi connectivity index (χ0v) is 16.5. The Balaban J connectivity index is 0.00000225. The van der Waals surface area contributed by atoms with Crippen LogP contribution in [-0.2, 0) is 11.2 Å². The van der Waals surface area contributed by atoms with Crippen LogP contribution in [0.4, 0.5) is 0 Å². The molecule has 1 fully saturated rings. The first-order valence-electron chi connectivity index (χ1n) is 9.67. The number of hydrogen-bond donors (Lipinski definition) is 2. The van der Waals surface area contributed by atoms with Crippen molar-refractivity contribution in [1.29, 1.82) is 0 Å². The van der Waals surface area contributed by atoms with E-state index >= 15 is 0 Å². The zero-order valence-electron chi connectivity index (χ0n) is 15.7. The molecule has 0 bridgehead atoms. The van der Waals surface area contributed by atoms with Crippen LogP contribution in [0.2, 0.25) is 0 Å². The first-order valence-corrected chi connectivity index (χ1v) is 9.67. The molecule has 2 unspecified atom stereocenters. The molecule has 0 saturated carbocycles. The summed E-state index contributed by atoms with van der Waals surface area (Å²) in [5, 5.41) is 6.55. The van der Waals surface area contributed by atoms with E-state index in [1.807, 2.05) is 6.07 Å². The summed E-state index contributed by atoms with van der Waals surface area (Å²) in [5.74, 6) is -0.00183. The fraction of sp³-hybridized carbons (Fsp3) is 0.429. The molecule has 0 radical (unpaired) electrons. The van der Waals surface area contributed by atoms with Gasteiger partial charge in [0.1, 0.15) is 6.04 Å². The summed E-state index contributed by atoms with van der Waals surface area (Å²) in [6, 6.07) is 11.4. The molecule has 1 aromatic carbocycles. The lowest BCUT2D eigenvalue weighted by Gasteiger charge is -2.35. The Morgan fingerprint density at radius 3 is 2.86 bits per heavy atom. The Morgan fingerprint density at radius 2 is 2.04 bits per heavy atom. The van der Waals surface area contributed by atoms with Crippen molar-refractivity contribution in [3.05, 3.63) is 59.5 Å². The minimum atomic E-state index is -0.435. The summed E-state index contributed by atoms with van der Waals surface area (Å²) < 4.78 is 5.24. The molecule has 2 aliphatic rings. The van der Waals surface area contributed by atoms with Crippen molar-refractivity contribution in [3.63, 3.8) is 0 Å². The van der Waals surface area contributed by atoms with Crippen molar-refractivity contribution in [2.24, 2.45) is 0 Å². The maximum absolute atomic E-state index is 12.9. The number of rotatable bonds is 4. The van der Waals surface area contributed by atoms with E-state index < -0.39 is 6.04 Å². The first-order chi connectivity index (χ1) is 13.2. The summed E-state index contributed by atoms with van der Waals surface area (Å²) in [4.78, 5) is 27.2. The first kappa shape index (κ1) is 20.4. The predicted octanol–water partition coefficient (Wildman–Crippen LogP) is 2.70. The fourth-order valence-corrected chi connectivity index (χ4v) is 4.08. The second-order valence-corrected chi connectivity index (χ2v) is 7.19. The van der Waals surface area contributed by atoms with Crippen LogP contribution in [0.1, 0.15) is 47.0 Å². The van der Waals surface area contributed by atoms with Gasteiger partial charge in [0.25, 0.3) is 5.91 Å². The molecule has 2 aromatic rings. The molecular weight excluding hydrogens is 378 g/mol. The molecule has 2 amide bonds. The third kappa shape index (κ3) is 4.23. The van der Waals surface area contributed by atoms with E-state index in [1.165, 1.54) is 17.4 Å². The minimum Gasteiger partial charge on any atom is -0.459 e. The molecule has 28 heavy (non-hydrogen) atoms. The molecule has 7 heteroatoms. The number of fused-ring (bicyclic) bond motifs is 1. The van der Waals surface area contributed by atoms with E-state index in [2.05, 4.69) is 28.8 Å². The summed E-state index contributed by atoms with van der Waals surface area (Å²) in [5.41, 5.74) is 2.58. The highest BCUT2D eigenvalue weighted by molar-refractivity contribution is 5.95. The number of halogens is 1. The van der Waals surface area contributed by atoms with Gasteiger partial charge in [-0.3, -0.25) is 9.59 Å². The number of nitrogens with zero attached hydrogens (tertiary/aromatic N) is 1. The van der Waals surface area contributed by atoms with Crippen molar-refractivity contribution in [3.8, 4) is 0 Å². The van der Waals surface area contributed by atoms with Gasteiger partial charge in [-0.15, -0.1) is 12.4 Å². The van der Waals surface area contributed by atoms with Crippen molar-refractivity contribution in [2.45, 2.75) is 37.8 Å². The fourth-order valence-electron chi connectivity index (χ4n) is 4.08. The highest BCUT2D eigenvalue weighted by atomic mass is 35.5. The van der Waals surface area contributed by atoms with Crippen LogP contribution in [-0.4, -0.2) is 42.4 Å². The quantitative estimate of drug-likeness (QED) is 0.823. The van der Waals surface area contributed by atoms with Gasteiger partial charge in [0.05, 0.1) is 6.26 Å². The highest BCUT2D eigenvalue weighted by Crippen LogP contribution is 2.23. The molecular formula is C21H26ClN3O3. The predicted molar refractivity (Wildman–Crippen MR) is 109 cm³/mol. The van der Waals surface area contributed by atoms with Gasteiger partial charge in [-0.1, -0.05) is 24.3 Å². The Hall–Kier alpha value is -2.31. The van der Waals surface area contributed by atoms with E-state index in [0.29, 0.717) is 19.5 Å². The number of hydrogen-bond acceptors (Lipinski definition) is 4. The van der Waals surface area contributed by atoms with E-state index in [9.17, 15) is 9.59 Å². The second kappa shape index (κ2) is 9.26. The molecule has 2 aliphatic heterocycles. The normalized spacial score (nSPS) is 21.4. The molecule has 2 N–H and O–H groups in total. The summed E-state index contributed by atoms with van der Waals surface area (Å²) in [6.07, 6.45) is 5.04. The number of amides is 2. The lowest BCUT2D eigenvalue weighted by atomic mass is 9.94. The van der Waals surface area contributed by atoms with Gasteiger partial charge < -0.3 is 20.0 Å². The molecule has 4 rings (SSSR count). The Kier molecular flexibility index (Phi) is 6.75. The van der Waals surface area contributed by atoms with Gasteiger partial charge in [-0.05, 0) is 55.5 Å². The van der Waals surface area contributed by atoms with Crippen LogP contribution >= 0.6 is 12.4 Å². The Morgan fingerprint density at radius 1 is 1.18 bits per heavy atom. The Bertz CT molecular complexity index is 809. The van der Waals surface area contributed by atoms with Gasteiger partial charge in [0.2, 0.25) is 5.91 Å². The molecule has 1 saturated heterocycles. The number of carbonyl (C=O) groups excluding carboxylic acids is 2. The van der Waals surface area contributed by atoms with E-state index in [4.69, 9.17) is 4.42 Å². The summed E-state index contributed by atoms with van der Waals surface area (Å²) in [6.45, 7) is 2.02. The van der Waals surface area contributed by atoms with Crippen molar-refractivity contribution < 1.29 is 14.0 Å². The second-order valence-electron chi connectivity index (χ2n) is 7.19. The van der Waals surface area contributed by atoms with E-state index in [0.717, 1.165) is 25.8 Å². The van der Waals surface area contributed by atoms with E-state index in [1.54, 1.807) is 17.0 Å². The number of piperidine rings is 1. The van der Waals surface area contributed by atoms with Crippen molar-refractivity contribution >= 4 is 24.2 Å². The smallest absolute Gasteiger partial charge is 0.290 e. The number of likely N-dealkylation sites (tertiary alicyclic amines) is 1. The van der Waals surface area contributed by atoms with Crippen LogP contribution in [0.25, 0.3) is 0 Å². The standard InChI is InChI=1S/C21H25N3O3.ClH/c25-20(23-14-17-16-7-2-1-6-15(16)10-11-22-17)18-8-3-4-12-24(18)21(26)19-9-5-13-27-19;/h1-2,5-7,9,13,17-18,22H,3-4,8,10-12,14H2,(H,23,25);1H. The average molecular weight is 404 g/mol. The molecule has 0 spiro atoms. The largest absolute Gasteiger partial charge is 0.459 e. The van der Waals surface area contributed by atoms with E-state index in [-0.39, 0.29) is 36.0 Å². The number of carbonyl (C=O) groups is 2. The summed E-state index contributed by atoms with van der Waals surface area (Å²) in [7, 11) is 0. The number of nitrogens with one attached hydrogen (secondary N) is 2. The van der Waals surface area contributed by atoms with Gasteiger partial charge in [0, 0.05) is 19.1 Å². The zero-order chi connectivity index (χ0) is 18.6. The van der Waals surface area contributed by atoms with Crippen LogP contribution in [0.3, 0.4) is 0 Å². The molecule has 150 valence electrons. The van der Waals surface area contributed by atoms with Gasteiger partial charge in [-0.25, -0.2) is 0 Å². The van der Waals surface area contributed by atoms with Crippen LogP contribution in [0, 0.1) is 0 Å². The third-order valence-electron chi connectivity index (χ3n) is 5.49. The minimum absolute atomic E-state index is 0. The number of benzene rings is 1. The average Bonchev–Trinajstić information content (AvgIpc) is 3.26. The maximum Gasteiger partial charge on any atom is 0.290 e. The molecule has 6 nitrogen and oxygen atoms in total. The molecule has 2 atom stereocenters. The summed E-state index contributed by atoms with van der Waals surface area (Å²) >= 11 is 0. The van der Waals surface area contributed by atoms with Crippen LogP contribution in [0.15, 0.2) is 47.1 Å². The highest BCUT2D eigenvalue weighted by Gasteiger charge is 2.34. The van der Waals surface area contributed by atoms with Gasteiger partial charge in [-0.2, -0.15) is 0 Å². The van der Waals surface area contributed by atoms with Crippen molar-refractivity contribution in [2.75, 3.05) is 19.6 Å².